The van der Waals surface area contributed by atoms with Crippen LogP contribution >= 0.6 is 0 Å². The minimum Gasteiger partial charge on any atom is -0.511 e. The van der Waals surface area contributed by atoms with Gasteiger partial charge in [-0.2, -0.15) is 56.3 Å². The number of nitrogens with zero attached hydrogens (tertiary/aromatic N) is 5. The summed E-state index contributed by atoms with van der Waals surface area (Å²) < 4.78 is 5.36. The maximum Gasteiger partial charge on any atom is 3.00 e. The topological polar surface area (TPSA) is 43.7 Å². The fourth-order valence-corrected chi connectivity index (χ4v) is 8.79. The molecule has 2 aliphatic carbocycles. The first kappa shape index (κ1) is 50.9. The predicted molar refractivity (Wildman–Crippen MR) is 266 cm³/mol. The predicted octanol–water partition coefficient (Wildman–Crippen LogP) is 13.4. The summed E-state index contributed by atoms with van der Waals surface area (Å²) in [7, 11) is 10.00. The maximum atomic E-state index is 5.36. The van der Waals surface area contributed by atoms with E-state index in [9.17, 15) is 0 Å². The molecule has 1 heterocycles. The average Bonchev–Trinajstić information content (AvgIpc) is 3.71. The number of ether oxygens (including phenoxy) is 1. The van der Waals surface area contributed by atoms with Crippen LogP contribution in [0, 0.1) is 48.7 Å². The number of methoxy groups -OCH3 is 1. The first-order valence-corrected chi connectivity index (χ1v) is 22.7. The number of anilines is 2. The molecule has 1 saturated heterocycles. The third kappa shape index (κ3) is 16.1. The van der Waals surface area contributed by atoms with E-state index in [0.29, 0.717) is 18.7 Å². The molecular formula is C56H71N5OZr-. The van der Waals surface area contributed by atoms with Gasteiger partial charge in [0.1, 0.15) is 0 Å². The number of aryl methyl sites for hydroxylation is 3. The Hall–Kier alpha value is -4.71. The molecule has 1 aliphatic heterocycles. The molecule has 0 bridgehead atoms. The summed E-state index contributed by atoms with van der Waals surface area (Å²) in [6.45, 7) is 16.3. The Morgan fingerprint density at radius 3 is 1.67 bits per heavy atom. The van der Waals surface area contributed by atoms with Gasteiger partial charge in [0.25, 0.3) is 0 Å². The molecule has 3 aliphatic rings. The molecule has 63 heavy (non-hydrogen) atoms. The molecule has 1 radical (unpaired) electrons. The molecule has 0 spiro atoms. The first-order chi connectivity index (χ1) is 30.2. The molecule has 5 aromatic carbocycles. The minimum atomic E-state index is 0. The van der Waals surface area contributed by atoms with Crippen molar-refractivity contribution >= 4 is 23.2 Å². The molecule has 5 aromatic rings. The Labute approximate surface area is 401 Å². The third-order valence-electron chi connectivity index (χ3n) is 11.8. The Morgan fingerprint density at radius 2 is 1.16 bits per heavy atom. The molecular weight excluding hydrogens is 850 g/mol. The summed E-state index contributed by atoms with van der Waals surface area (Å²) in [4.78, 5) is 16.4. The Kier molecular flexibility index (Phi) is 22.2. The normalized spacial score (nSPS) is 16.1. The minimum absolute atomic E-state index is 0. The summed E-state index contributed by atoms with van der Waals surface area (Å²) in [5.74, 6) is 2.11. The molecule has 0 N–H and O–H groups in total. The van der Waals surface area contributed by atoms with Gasteiger partial charge in [-0.05, 0) is 69.2 Å². The van der Waals surface area contributed by atoms with Gasteiger partial charge in [-0.15, -0.1) is 24.3 Å². The van der Waals surface area contributed by atoms with Gasteiger partial charge in [0, 0.05) is 49.6 Å². The number of hydrogen-bond acceptors (Lipinski definition) is 3. The van der Waals surface area contributed by atoms with E-state index in [1.54, 1.807) is 7.11 Å². The molecule has 0 aromatic heterocycles. The van der Waals surface area contributed by atoms with E-state index in [-0.39, 0.29) is 26.2 Å². The summed E-state index contributed by atoms with van der Waals surface area (Å²) in [6, 6.07) is 44.4. The summed E-state index contributed by atoms with van der Waals surface area (Å²) >= 11 is 0. The largest absolute Gasteiger partial charge is 3.00 e. The van der Waals surface area contributed by atoms with Crippen molar-refractivity contribution in [3.8, 4) is 0 Å². The van der Waals surface area contributed by atoms with Crippen molar-refractivity contribution < 1.29 is 30.9 Å². The zero-order chi connectivity index (χ0) is 44.1. The van der Waals surface area contributed by atoms with E-state index in [1.165, 1.54) is 98.0 Å². The molecule has 0 unspecified atom stereocenters. The van der Waals surface area contributed by atoms with E-state index >= 15 is 0 Å². The number of hydrogen-bond donors (Lipinski definition) is 0. The van der Waals surface area contributed by atoms with Gasteiger partial charge in [-0.3, -0.25) is 12.0 Å². The van der Waals surface area contributed by atoms with Crippen LogP contribution in [0.2, 0.25) is 0 Å². The third-order valence-corrected chi connectivity index (χ3v) is 11.8. The molecule has 6 nitrogen and oxygen atoms in total. The van der Waals surface area contributed by atoms with E-state index in [0.717, 1.165) is 47.8 Å². The molecule has 3 fully saturated rings. The van der Waals surface area contributed by atoms with Crippen molar-refractivity contribution in [1.29, 1.82) is 0 Å². The quantitative estimate of drug-likeness (QED) is 0.0884. The van der Waals surface area contributed by atoms with Gasteiger partial charge < -0.3 is 24.4 Å². The smallest absolute Gasteiger partial charge is 0.511 e. The average molecular weight is 921 g/mol. The molecule has 8 rings (SSSR count). The van der Waals surface area contributed by atoms with E-state index < -0.39 is 0 Å². The van der Waals surface area contributed by atoms with Crippen molar-refractivity contribution in [3.05, 3.63) is 194 Å². The second-order valence-electron chi connectivity index (χ2n) is 16.8. The molecule has 2 saturated carbocycles. The zero-order valence-corrected chi connectivity index (χ0v) is 41.1. The van der Waals surface area contributed by atoms with Gasteiger partial charge in [0.15, 0.2) is 0 Å². The Balaban J connectivity index is 0.000000209. The van der Waals surface area contributed by atoms with Crippen LogP contribution in [0.1, 0.15) is 103 Å². The standard InChI is InChI=1S/C21H26N3O.C21H31N2.2C7H7.Zr/c1-15-12-16(2)20(17(3)13-15)24-11-10-23(21(24)22-4)19-9-7-6-8-18(19)14-25-5;1-23(20-15-9-4-10-16-20)21(17-18-11-5-2-6-12-18)22-19-13-7-3-8-14-19;2*1-7-5-3-2-4-6-7;/h6-9,12-13H,4,10-11,14H2,1-3,5H3;2,5-6,11-12,19-20H,1,3-4,7-10,13-17H2;2*2-6H,1H2;/q4*-1;+3. The van der Waals surface area contributed by atoms with Crippen LogP contribution in [0.3, 0.4) is 0 Å². The van der Waals surface area contributed by atoms with Crippen LogP contribution in [0.4, 0.5) is 11.4 Å². The number of benzene rings is 5. The van der Waals surface area contributed by atoms with Crippen LogP contribution in [0.25, 0.3) is 0 Å². The van der Waals surface area contributed by atoms with Crippen molar-refractivity contribution in [2.24, 2.45) is 9.98 Å². The van der Waals surface area contributed by atoms with Crippen molar-refractivity contribution in [2.45, 2.75) is 110 Å². The Bertz CT molecular complexity index is 2030. The SMILES string of the molecule is [CH2-]N(C(Cc1ccccc1)=NC1CCCCC1)C1CCCCC1.[CH2-]N=C1N(c2ccccc2COC)CCN1c1c(C)cc(C)cc1C.[CH2-]c1ccccc1.[CH2-]c1ccccc1.[Zr+3]. The van der Waals surface area contributed by atoms with E-state index in [4.69, 9.17) is 9.73 Å². The molecule has 0 amide bonds. The van der Waals surface area contributed by atoms with Gasteiger partial charge in [-0.1, -0.05) is 117 Å². The second kappa shape index (κ2) is 27.5. The van der Waals surface area contributed by atoms with Crippen LogP contribution in [-0.2, 0) is 44.0 Å². The number of para-hydroxylation sites is 1. The Morgan fingerprint density at radius 1 is 0.667 bits per heavy atom. The number of rotatable bonds is 8. The van der Waals surface area contributed by atoms with Gasteiger partial charge >= 0.3 is 26.2 Å². The monoisotopic (exact) mass is 919 g/mol. The summed E-state index contributed by atoms with van der Waals surface area (Å²) in [6.07, 6.45) is 14.2. The maximum absolute atomic E-state index is 5.36. The van der Waals surface area contributed by atoms with Gasteiger partial charge in [0.2, 0.25) is 0 Å². The van der Waals surface area contributed by atoms with Gasteiger partial charge in [0.05, 0.1) is 24.4 Å². The van der Waals surface area contributed by atoms with Crippen LogP contribution < -0.4 is 9.80 Å². The van der Waals surface area contributed by atoms with Crippen molar-refractivity contribution in [2.75, 3.05) is 30.0 Å². The number of guanidine groups is 1. The second-order valence-corrected chi connectivity index (χ2v) is 16.8. The van der Waals surface area contributed by atoms with Crippen LogP contribution in [0.5, 0.6) is 0 Å². The van der Waals surface area contributed by atoms with Gasteiger partial charge in [-0.25, -0.2) is 0 Å². The van der Waals surface area contributed by atoms with E-state index in [2.05, 4.69) is 129 Å². The van der Waals surface area contributed by atoms with E-state index in [1.807, 2.05) is 66.7 Å². The number of aliphatic imine (C=N–C) groups is 2. The van der Waals surface area contributed by atoms with Crippen molar-refractivity contribution in [1.82, 2.24) is 4.90 Å². The fraction of sp³-hybridized carbons (Fsp3) is 0.357. The van der Waals surface area contributed by atoms with Crippen molar-refractivity contribution in [3.63, 3.8) is 0 Å². The summed E-state index contributed by atoms with van der Waals surface area (Å²) in [5, 5.41) is 0. The van der Waals surface area contributed by atoms with Crippen LogP contribution in [-0.4, -0.2) is 49.0 Å². The molecule has 0 atom stereocenters. The first-order valence-electron chi connectivity index (χ1n) is 22.7. The number of amidine groups is 1. The molecule has 7 heteroatoms. The molecule has 331 valence electrons. The summed E-state index contributed by atoms with van der Waals surface area (Å²) in [5.41, 5.74) is 10.8. The fourth-order valence-electron chi connectivity index (χ4n) is 8.79. The zero-order valence-electron chi connectivity index (χ0n) is 38.7. The van der Waals surface area contributed by atoms with Crippen LogP contribution in [0.15, 0.2) is 137 Å².